The van der Waals surface area contributed by atoms with E-state index < -0.39 is 4.92 Å². The van der Waals surface area contributed by atoms with E-state index in [-0.39, 0.29) is 35.7 Å². The highest BCUT2D eigenvalue weighted by molar-refractivity contribution is 5.92. The third kappa shape index (κ3) is 3.75. The summed E-state index contributed by atoms with van der Waals surface area (Å²) in [5.74, 6) is -0.344. The largest absolute Gasteiger partial charge is 0.326 e. The molecule has 0 saturated carbocycles. The monoisotopic (exact) mass is 352 g/mol. The number of hydrogen-bond donors (Lipinski definition) is 2. The van der Waals surface area contributed by atoms with E-state index in [4.69, 9.17) is 0 Å². The normalized spacial score (nSPS) is 10.7. The van der Waals surface area contributed by atoms with E-state index in [1.807, 2.05) is 6.07 Å². The summed E-state index contributed by atoms with van der Waals surface area (Å²) in [7, 11) is 0. The number of para-hydroxylation sites is 2. The number of benzene rings is 2. The van der Waals surface area contributed by atoms with Gasteiger partial charge in [0.05, 0.1) is 21.6 Å². The number of aryl methyl sites for hydroxylation is 2. The summed E-state index contributed by atoms with van der Waals surface area (Å²) >= 11 is 0. The lowest BCUT2D eigenvalue weighted by atomic mass is 10.1. The SMILES string of the molecule is Cc1ccc([N+](=O)[O-])cc1NC(=O)CCc1nc2ccccc2[nH]c1=O. The molecule has 1 aromatic heterocycles. The van der Waals surface area contributed by atoms with Crippen molar-refractivity contribution >= 4 is 28.3 Å². The predicted octanol–water partition coefficient (Wildman–Crippen LogP) is 2.71. The highest BCUT2D eigenvalue weighted by Crippen LogP contribution is 2.22. The molecular weight excluding hydrogens is 336 g/mol. The topological polar surface area (TPSA) is 118 Å². The molecule has 0 saturated heterocycles. The Hall–Kier alpha value is -3.55. The molecule has 0 radical (unpaired) electrons. The number of nitro benzene ring substituents is 1. The minimum atomic E-state index is -0.520. The second-order valence-corrected chi connectivity index (χ2v) is 5.83. The fraction of sp³-hybridized carbons (Fsp3) is 0.167. The first-order chi connectivity index (χ1) is 12.4. The average Bonchev–Trinajstić information content (AvgIpc) is 2.61. The van der Waals surface area contributed by atoms with E-state index in [9.17, 15) is 19.7 Å². The first kappa shape index (κ1) is 17.3. The number of nitrogens with one attached hydrogen (secondary N) is 2. The van der Waals surface area contributed by atoms with Crippen LogP contribution in [-0.4, -0.2) is 20.8 Å². The molecule has 3 rings (SSSR count). The average molecular weight is 352 g/mol. The van der Waals surface area contributed by atoms with Gasteiger partial charge in [-0.1, -0.05) is 18.2 Å². The number of amides is 1. The number of H-pyrrole nitrogens is 1. The van der Waals surface area contributed by atoms with Gasteiger partial charge in [-0.25, -0.2) is 4.98 Å². The van der Waals surface area contributed by atoms with Crippen LogP contribution in [0.15, 0.2) is 47.3 Å². The van der Waals surface area contributed by atoms with Gasteiger partial charge in [0.15, 0.2) is 0 Å². The minimum Gasteiger partial charge on any atom is -0.326 e. The first-order valence-electron chi connectivity index (χ1n) is 7.97. The zero-order chi connectivity index (χ0) is 18.7. The van der Waals surface area contributed by atoms with Crippen LogP contribution in [0.25, 0.3) is 11.0 Å². The van der Waals surface area contributed by atoms with Crippen molar-refractivity contribution in [3.05, 3.63) is 74.2 Å². The molecule has 26 heavy (non-hydrogen) atoms. The highest BCUT2D eigenvalue weighted by atomic mass is 16.6. The smallest absolute Gasteiger partial charge is 0.271 e. The Morgan fingerprint density at radius 3 is 2.81 bits per heavy atom. The molecule has 0 aliphatic rings. The third-order valence-electron chi connectivity index (χ3n) is 3.96. The maximum atomic E-state index is 12.2. The lowest BCUT2D eigenvalue weighted by Crippen LogP contribution is -2.19. The Balaban J connectivity index is 1.72. The zero-order valence-electron chi connectivity index (χ0n) is 14.0. The molecular formula is C18H16N4O4. The van der Waals surface area contributed by atoms with E-state index in [1.54, 1.807) is 31.2 Å². The molecule has 0 unspecified atom stereocenters. The van der Waals surface area contributed by atoms with Gasteiger partial charge in [-0.2, -0.15) is 0 Å². The minimum absolute atomic E-state index is 0.0382. The number of carbonyl (C=O) groups excluding carboxylic acids is 1. The fourth-order valence-electron chi connectivity index (χ4n) is 2.54. The van der Waals surface area contributed by atoms with Gasteiger partial charge in [-0.15, -0.1) is 0 Å². The Bertz CT molecular complexity index is 1060. The quantitative estimate of drug-likeness (QED) is 0.541. The zero-order valence-corrected chi connectivity index (χ0v) is 14.0. The number of fused-ring (bicyclic) bond motifs is 1. The van der Waals surface area contributed by atoms with Crippen LogP contribution in [-0.2, 0) is 11.2 Å². The van der Waals surface area contributed by atoms with Crippen LogP contribution >= 0.6 is 0 Å². The lowest BCUT2D eigenvalue weighted by molar-refractivity contribution is -0.384. The molecule has 1 amide bonds. The molecule has 1 heterocycles. The van der Waals surface area contributed by atoms with Gasteiger partial charge in [-0.3, -0.25) is 19.7 Å². The van der Waals surface area contributed by atoms with Crippen molar-refractivity contribution in [1.29, 1.82) is 0 Å². The van der Waals surface area contributed by atoms with Crippen LogP contribution in [0.3, 0.4) is 0 Å². The number of anilines is 1. The summed E-state index contributed by atoms with van der Waals surface area (Å²) in [5, 5.41) is 13.5. The number of nitro groups is 1. The van der Waals surface area contributed by atoms with Gasteiger partial charge < -0.3 is 10.3 Å². The van der Waals surface area contributed by atoms with E-state index in [2.05, 4.69) is 15.3 Å². The van der Waals surface area contributed by atoms with E-state index >= 15 is 0 Å². The maximum Gasteiger partial charge on any atom is 0.271 e. The molecule has 0 aliphatic heterocycles. The van der Waals surface area contributed by atoms with Gasteiger partial charge in [0.1, 0.15) is 5.69 Å². The Morgan fingerprint density at radius 2 is 2.04 bits per heavy atom. The number of non-ortho nitro benzene ring substituents is 1. The van der Waals surface area contributed by atoms with E-state index in [0.29, 0.717) is 22.3 Å². The van der Waals surface area contributed by atoms with Gasteiger partial charge in [0.25, 0.3) is 11.2 Å². The molecule has 0 atom stereocenters. The summed E-state index contributed by atoms with van der Waals surface area (Å²) in [6.07, 6.45) is 0.205. The van der Waals surface area contributed by atoms with Crippen molar-refractivity contribution in [1.82, 2.24) is 9.97 Å². The fourth-order valence-corrected chi connectivity index (χ4v) is 2.54. The van der Waals surface area contributed by atoms with Gasteiger partial charge >= 0.3 is 0 Å². The van der Waals surface area contributed by atoms with Gasteiger partial charge in [0.2, 0.25) is 5.91 Å². The van der Waals surface area contributed by atoms with Crippen LogP contribution in [0, 0.1) is 17.0 Å². The third-order valence-corrected chi connectivity index (χ3v) is 3.96. The molecule has 2 N–H and O–H groups in total. The standard InChI is InChI=1S/C18H16N4O4/c1-11-6-7-12(22(25)26)10-16(11)20-17(23)9-8-15-18(24)21-14-5-3-2-4-13(14)19-15/h2-7,10H,8-9H2,1H3,(H,20,23)(H,21,24). The number of hydrogen-bond acceptors (Lipinski definition) is 5. The van der Waals surface area contributed by atoms with Crippen LogP contribution in [0.5, 0.6) is 0 Å². The number of aromatic amines is 1. The van der Waals surface area contributed by atoms with Crippen molar-refractivity contribution in [2.45, 2.75) is 19.8 Å². The summed E-state index contributed by atoms with van der Waals surface area (Å²) in [6, 6.07) is 11.4. The maximum absolute atomic E-state index is 12.2. The summed E-state index contributed by atoms with van der Waals surface area (Å²) < 4.78 is 0. The Kier molecular flexibility index (Phi) is 4.74. The Labute approximate surface area is 148 Å². The molecule has 2 aromatic carbocycles. The first-order valence-corrected chi connectivity index (χ1v) is 7.97. The molecule has 0 bridgehead atoms. The van der Waals surface area contributed by atoms with Crippen LogP contribution in [0.4, 0.5) is 11.4 Å². The molecule has 0 fully saturated rings. The van der Waals surface area contributed by atoms with Crippen molar-refractivity contribution in [2.24, 2.45) is 0 Å². The summed E-state index contributed by atoms with van der Waals surface area (Å²) in [4.78, 5) is 41.6. The number of nitrogens with zero attached hydrogens (tertiary/aromatic N) is 2. The van der Waals surface area contributed by atoms with Crippen molar-refractivity contribution in [3.8, 4) is 0 Å². The van der Waals surface area contributed by atoms with Crippen LogP contribution in [0.1, 0.15) is 17.7 Å². The molecule has 3 aromatic rings. The second kappa shape index (κ2) is 7.14. The molecule has 132 valence electrons. The highest BCUT2D eigenvalue weighted by Gasteiger charge is 2.12. The lowest BCUT2D eigenvalue weighted by Gasteiger charge is -2.08. The van der Waals surface area contributed by atoms with Gasteiger partial charge in [-0.05, 0) is 24.6 Å². The Morgan fingerprint density at radius 1 is 1.27 bits per heavy atom. The molecule has 0 aliphatic carbocycles. The molecule has 8 nitrogen and oxygen atoms in total. The van der Waals surface area contributed by atoms with E-state index in [1.165, 1.54) is 12.1 Å². The van der Waals surface area contributed by atoms with Crippen molar-refractivity contribution in [3.63, 3.8) is 0 Å². The van der Waals surface area contributed by atoms with E-state index in [0.717, 1.165) is 0 Å². The number of rotatable bonds is 5. The second-order valence-electron chi connectivity index (χ2n) is 5.83. The summed E-state index contributed by atoms with van der Waals surface area (Å²) in [5.41, 5.74) is 2.22. The predicted molar refractivity (Wildman–Crippen MR) is 97.1 cm³/mol. The van der Waals surface area contributed by atoms with Crippen molar-refractivity contribution < 1.29 is 9.72 Å². The van der Waals surface area contributed by atoms with Crippen molar-refractivity contribution in [2.75, 3.05) is 5.32 Å². The van der Waals surface area contributed by atoms with Crippen LogP contribution in [0.2, 0.25) is 0 Å². The number of aromatic nitrogens is 2. The molecule has 8 heteroatoms. The van der Waals surface area contributed by atoms with Crippen LogP contribution < -0.4 is 10.9 Å². The number of carbonyl (C=O) groups is 1. The molecule has 0 spiro atoms. The van der Waals surface area contributed by atoms with Gasteiger partial charge in [0, 0.05) is 25.0 Å². The summed E-state index contributed by atoms with van der Waals surface area (Å²) in [6.45, 7) is 1.74.